The van der Waals surface area contributed by atoms with E-state index in [1.165, 1.54) is 0 Å². The maximum Gasteiger partial charge on any atom is 0.223 e. The first kappa shape index (κ1) is 17.3. The zero-order valence-electron chi connectivity index (χ0n) is 15.5. The van der Waals surface area contributed by atoms with Gasteiger partial charge in [0, 0.05) is 30.5 Å². The van der Waals surface area contributed by atoms with Crippen molar-refractivity contribution in [3.8, 4) is 28.5 Å². The van der Waals surface area contributed by atoms with Crippen molar-refractivity contribution in [3.05, 3.63) is 60.2 Å². The Morgan fingerprint density at radius 2 is 2.00 bits per heavy atom. The van der Waals surface area contributed by atoms with Crippen molar-refractivity contribution >= 4 is 11.6 Å². The minimum absolute atomic E-state index is 0.143. The highest BCUT2D eigenvalue weighted by atomic mass is 16.5. The van der Waals surface area contributed by atoms with E-state index in [0.717, 1.165) is 23.1 Å². The maximum absolute atomic E-state index is 9.30. The molecular formula is C21H17N7O. The van der Waals surface area contributed by atoms with Gasteiger partial charge in [0.1, 0.15) is 0 Å². The normalized spacial score (nSPS) is 16.2. The smallest absolute Gasteiger partial charge is 0.223 e. The molecule has 4 heterocycles. The average molecular weight is 383 g/mol. The molecule has 5 rings (SSSR count). The summed E-state index contributed by atoms with van der Waals surface area (Å²) in [6.07, 6.45) is 4.32. The van der Waals surface area contributed by atoms with Crippen molar-refractivity contribution in [1.29, 1.82) is 5.26 Å². The number of rotatable bonds is 3. The van der Waals surface area contributed by atoms with Crippen LogP contribution in [0, 0.1) is 11.3 Å². The topological polar surface area (TPSA) is 115 Å². The second-order valence-electron chi connectivity index (χ2n) is 6.89. The van der Waals surface area contributed by atoms with Crippen LogP contribution in [0.15, 0.2) is 48.8 Å². The number of ether oxygens (including phenoxy) is 1. The predicted molar refractivity (Wildman–Crippen MR) is 107 cm³/mol. The lowest BCUT2D eigenvalue weighted by Crippen LogP contribution is -2.06. The summed E-state index contributed by atoms with van der Waals surface area (Å²) in [5.74, 6) is 1.09. The van der Waals surface area contributed by atoms with Gasteiger partial charge in [-0.2, -0.15) is 9.78 Å². The lowest BCUT2D eigenvalue weighted by molar-refractivity contribution is 0.193. The molecule has 0 radical (unpaired) electrons. The molecule has 4 aromatic rings. The van der Waals surface area contributed by atoms with E-state index in [1.54, 1.807) is 29.0 Å². The quantitative estimate of drug-likeness (QED) is 0.578. The van der Waals surface area contributed by atoms with Gasteiger partial charge in [0.15, 0.2) is 11.5 Å². The molecule has 8 nitrogen and oxygen atoms in total. The molecule has 2 N–H and O–H groups in total. The van der Waals surface area contributed by atoms with Crippen LogP contribution in [0.2, 0.25) is 0 Å². The third-order valence-electron chi connectivity index (χ3n) is 5.06. The summed E-state index contributed by atoms with van der Waals surface area (Å²) in [7, 11) is 0. The number of anilines is 1. The van der Waals surface area contributed by atoms with Gasteiger partial charge in [0.25, 0.3) is 0 Å². The van der Waals surface area contributed by atoms with E-state index in [2.05, 4.69) is 21.1 Å². The van der Waals surface area contributed by atoms with E-state index in [4.69, 9.17) is 15.5 Å². The van der Waals surface area contributed by atoms with Gasteiger partial charge >= 0.3 is 0 Å². The first-order chi connectivity index (χ1) is 14.2. The number of nitrogens with two attached hydrogens (primary N) is 1. The Kier molecular flexibility index (Phi) is 4.15. The van der Waals surface area contributed by atoms with E-state index in [0.29, 0.717) is 35.9 Å². The Labute approximate surface area is 166 Å². The lowest BCUT2D eigenvalue weighted by Gasteiger charge is -2.12. The Morgan fingerprint density at radius 1 is 1.14 bits per heavy atom. The zero-order chi connectivity index (χ0) is 19.8. The van der Waals surface area contributed by atoms with E-state index in [1.807, 2.05) is 24.3 Å². The summed E-state index contributed by atoms with van der Waals surface area (Å²) >= 11 is 0. The number of nitrogen functional groups attached to an aromatic ring is 1. The summed E-state index contributed by atoms with van der Waals surface area (Å²) in [6.45, 7) is 1.31. The van der Waals surface area contributed by atoms with Crippen molar-refractivity contribution in [2.24, 2.45) is 0 Å². The summed E-state index contributed by atoms with van der Waals surface area (Å²) in [5, 5.41) is 13.9. The molecule has 142 valence electrons. The number of pyridine rings is 1. The van der Waals surface area contributed by atoms with Crippen LogP contribution in [0.3, 0.4) is 0 Å². The fraction of sp³-hybridized carbons (Fsp3) is 0.190. The summed E-state index contributed by atoms with van der Waals surface area (Å²) in [5.41, 5.74) is 10.6. The highest BCUT2D eigenvalue weighted by Crippen LogP contribution is 2.35. The van der Waals surface area contributed by atoms with E-state index >= 15 is 0 Å². The number of fused-ring (bicyclic) bond motifs is 1. The standard InChI is InChI=1S/C21H17N7O/c22-11-13-2-1-3-15(10-13)18-17(14-4-7-24-8-5-14)20-26-19(16-6-9-29-12-16)27-28(20)21(23)25-18/h1-5,7-8,10,16H,6,9,12H2,(H2,23,25). The Morgan fingerprint density at radius 3 is 2.76 bits per heavy atom. The summed E-state index contributed by atoms with van der Waals surface area (Å²) in [4.78, 5) is 13.6. The van der Waals surface area contributed by atoms with Crippen molar-refractivity contribution in [3.63, 3.8) is 0 Å². The highest BCUT2D eigenvalue weighted by Gasteiger charge is 2.25. The fourth-order valence-electron chi connectivity index (χ4n) is 3.61. The Bertz CT molecular complexity index is 1240. The van der Waals surface area contributed by atoms with Gasteiger partial charge in [-0.05, 0) is 36.2 Å². The van der Waals surface area contributed by atoms with Gasteiger partial charge in [-0.3, -0.25) is 4.98 Å². The third kappa shape index (κ3) is 2.98. The third-order valence-corrected chi connectivity index (χ3v) is 5.06. The number of nitrogens with zero attached hydrogens (tertiary/aromatic N) is 6. The Hall–Kier alpha value is -3.83. The summed E-state index contributed by atoms with van der Waals surface area (Å²) in [6, 6.07) is 13.3. The molecule has 1 saturated heterocycles. The lowest BCUT2D eigenvalue weighted by atomic mass is 9.99. The van der Waals surface area contributed by atoms with Gasteiger partial charge in [-0.25, -0.2) is 9.97 Å². The SMILES string of the molecule is N#Cc1cccc(-c2nc(N)n3nc(C4CCOC4)nc3c2-c2ccncc2)c1. The van der Waals surface area contributed by atoms with Crippen LogP contribution < -0.4 is 5.73 Å². The van der Waals surface area contributed by atoms with Crippen LogP contribution in [-0.2, 0) is 4.74 Å². The molecule has 1 aliphatic heterocycles. The average Bonchev–Trinajstić information content (AvgIpc) is 3.44. The van der Waals surface area contributed by atoms with Crippen molar-refractivity contribution < 1.29 is 4.74 Å². The highest BCUT2D eigenvalue weighted by molar-refractivity contribution is 5.90. The van der Waals surface area contributed by atoms with Crippen molar-refractivity contribution in [2.75, 3.05) is 18.9 Å². The molecule has 1 fully saturated rings. The van der Waals surface area contributed by atoms with E-state index in [-0.39, 0.29) is 11.9 Å². The number of hydrogen-bond acceptors (Lipinski definition) is 7. The first-order valence-corrected chi connectivity index (χ1v) is 9.29. The van der Waals surface area contributed by atoms with Gasteiger partial charge in [-0.15, -0.1) is 5.10 Å². The molecule has 1 aromatic carbocycles. The van der Waals surface area contributed by atoms with E-state index in [9.17, 15) is 5.26 Å². The van der Waals surface area contributed by atoms with Crippen LogP contribution in [0.25, 0.3) is 28.0 Å². The molecule has 0 amide bonds. The van der Waals surface area contributed by atoms with Crippen LogP contribution in [0.4, 0.5) is 5.95 Å². The molecule has 0 spiro atoms. The maximum atomic E-state index is 9.30. The minimum Gasteiger partial charge on any atom is -0.381 e. The molecule has 3 aromatic heterocycles. The molecule has 29 heavy (non-hydrogen) atoms. The first-order valence-electron chi connectivity index (χ1n) is 9.29. The molecule has 8 heteroatoms. The molecule has 0 bridgehead atoms. The van der Waals surface area contributed by atoms with Crippen molar-refractivity contribution in [2.45, 2.75) is 12.3 Å². The number of aromatic nitrogens is 5. The van der Waals surface area contributed by atoms with Gasteiger partial charge in [0.05, 0.1) is 29.5 Å². The number of hydrogen-bond donors (Lipinski definition) is 1. The van der Waals surface area contributed by atoms with Gasteiger partial charge in [-0.1, -0.05) is 12.1 Å². The van der Waals surface area contributed by atoms with Gasteiger partial charge in [0.2, 0.25) is 5.95 Å². The van der Waals surface area contributed by atoms with Crippen LogP contribution in [0.1, 0.15) is 23.7 Å². The van der Waals surface area contributed by atoms with Crippen molar-refractivity contribution in [1.82, 2.24) is 24.6 Å². The molecule has 0 saturated carbocycles. The largest absolute Gasteiger partial charge is 0.381 e. The Balaban J connectivity index is 1.81. The van der Waals surface area contributed by atoms with Crippen LogP contribution >= 0.6 is 0 Å². The predicted octanol–water partition coefficient (Wildman–Crippen LogP) is 2.81. The zero-order valence-corrected chi connectivity index (χ0v) is 15.5. The molecule has 1 atom stereocenters. The van der Waals surface area contributed by atoms with E-state index < -0.39 is 0 Å². The molecule has 1 aliphatic rings. The van der Waals surface area contributed by atoms with Crippen LogP contribution in [0.5, 0.6) is 0 Å². The number of benzene rings is 1. The second kappa shape index (κ2) is 6.96. The molecule has 0 aliphatic carbocycles. The van der Waals surface area contributed by atoms with Crippen LogP contribution in [-0.4, -0.2) is 37.8 Å². The minimum atomic E-state index is 0.143. The molecule has 1 unspecified atom stereocenters. The fourth-order valence-corrected chi connectivity index (χ4v) is 3.61. The second-order valence-corrected chi connectivity index (χ2v) is 6.89. The number of nitriles is 1. The monoisotopic (exact) mass is 383 g/mol. The summed E-state index contributed by atoms with van der Waals surface area (Å²) < 4.78 is 7.08. The molecular weight excluding hydrogens is 366 g/mol. The van der Waals surface area contributed by atoms with Gasteiger partial charge < -0.3 is 10.5 Å².